The van der Waals surface area contributed by atoms with Crippen LogP contribution in [0.1, 0.15) is 20.8 Å². The Hall–Kier alpha value is -1.05. The zero-order chi connectivity index (χ0) is 8.15. The lowest BCUT2D eigenvalue weighted by molar-refractivity contribution is -0.104. The van der Waals surface area contributed by atoms with Gasteiger partial charge in [-0.25, -0.2) is 0 Å². The van der Waals surface area contributed by atoms with E-state index in [-0.39, 0.29) is 0 Å². The predicted molar refractivity (Wildman–Crippen MR) is 42.4 cm³/mol. The summed E-state index contributed by atoms with van der Waals surface area (Å²) in [5, 5.41) is 0. The molecular weight excluding hydrogens is 126 g/mol. The van der Waals surface area contributed by atoms with Gasteiger partial charge in [-0.15, -0.1) is 0 Å². The van der Waals surface area contributed by atoms with Crippen LogP contribution in [0.2, 0.25) is 0 Å². The van der Waals surface area contributed by atoms with E-state index >= 15 is 0 Å². The van der Waals surface area contributed by atoms with E-state index in [1.165, 1.54) is 0 Å². The molecule has 0 aromatic carbocycles. The molecule has 0 unspecified atom stereocenters. The van der Waals surface area contributed by atoms with Crippen molar-refractivity contribution in [3.63, 3.8) is 0 Å². The van der Waals surface area contributed by atoms with Crippen LogP contribution in [-0.4, -0.2) is 6.29 Å². The van der Waals surface area contributed by atoms with Gasteiger partial charge < -0.3 is 5.73 Å². The molecule has 10 heavy (non-hydrogen) atoms. The van der Waals surface area contributed by atoms with E-state index in [4.69, 9.17) is 5.73 Å². The predicted octanol–water partition coefficient (Wildman–Crippen LogP) is 1.38. The average molecular weight is 139 g/mol. The summed E-state index contributed by atoms with van der Waals surface area (Å²) in [6.07, 6.45) is 2.61. The third-order valence-corrected chi connectivity index (χ3v) is 1.24. The van der Waals surface area contributed by atoms with Crippen LogP contribution in [0.4, 0.5) is 0 Å². The molecule has 0 bridgehead atoms. The van der Waals surface area contributed by atoms with E-state index in [9.17, 15) is 4.79 Å². The van der Waals surface area contributed by atoms with Crippen molar-refractivity contribution in [1.82, 2.24) is 0 Å². The van der Waals surface area contributed by atoms with Crippen molar-refractivity contribution in [3.8, 4) is 0 Å². The molecule has 0 rings (SSSR count). The van der Waals surface area contributed by atoms with Crippen molar-refractivity contribution in [3.05, 3.63) is 22.9 Å². The molecule has 56 valence electrons. The highest BCUT2D eigenvalue weighted by Crippen LogP contribution is 2.02. The van der Waals surface area contributed by atoms with Gasteiger partial charge in [0.15, 0.2) is 0 Å². The molecule has 0 aliphatic rings. The minimum absolute atomic E-state index is 0.721. The summed E-state index contributed by atoms with van der Waals surface area (Å²) in [7, 11) is 0. The van der Waals surface area contributed by atoms with Gasteiger partial charge in [0.25, 0.3) is 0 Å². The lowest BCUT2D eigenvalue weighted by atomic mass is 10.1. The molecule has 0 atom stereocenters. The van der Waals surface area contributed by atoms with E-state index < -0.39 is 0 Å². The highest BCUT2D eigenvalue weighted by Gasteiger charge is 1.89. The molecule has 0 fully saturated rings. The van der Waals surface area contributed by atoms with Gasteiger partial charge >= 0.3 is 0 Å². The Bertz CT molecular complexity index is 185. The van der Waals surface area contributed by atoms with Crippen molar-refractivity contribution in [1.29, 1.82) is 0 Å². The Morgan fingerprint density at radius 3 is 2.00 bits per heavy atom. The average Bonchev–Trinajstić information content (AvgIpc) is 1.85. The second kappa shape index (κ2) is 3.88. The van der Waals surface area contributed by atoms with Gasteiger partial charge in [0, 0.05) is 5.70 Å². The molecule has 0 saturated heterocycles. The fraction of sp³-hybridized carbons (Fsp3) is 0.375. The smallest absolute Gasteiger partial charge is 0.146 e. The largest absolute Gasteiger partial charge is 0.402 e. The molecule has 0 radical (unpaired) electrons. The molecule has 0 aliphatic carbocycles. The summed E-state index contributed by atoms with van der Waals surface area (Å²) >= 11 is 0. The minimum atomic E-state index is 0.721. The van der Waals surface area contributed by atoms with Crippen LogP contribution >= 0.6 is 0 Å². The Kier molecular flexibility index (Phi) is 3.47. The van der Waals surface area contributed by atoms with Crippen molar-refractivity contribution in [2.75, 3.05) is 0 Å². The molecule has 0 aromatic rings. The van der Waals surface area contributed by atoms with E-state index in [2.05, 4.69) is 0 Å². The third kappa shape index (κ3) is 3.07. The summed E-state index contributed by atoms with van der Waals surface area (Å²) in [5.74, 6) is 0. The number of hydrogen-bond acceptors (Lipinski definition) is 2. The highest BCUT2D eigenvalue weighted by atomic mass is 16.1. The zero-order valence-corrected chi connectivity index (χ0v) is 6.64. The Morgan fingerprint density at radius 2 is 1.70 bits per heavy atom. The highest BCUT2D eigenvalue weighted by molar-refractivity contribution is 5.74. The summed E-state index contributed by atoms with van der Waals surface area (Å²) in [6, 6.07) is 0. The van der Waals surface area contributed by atoms with Gasteiger partial charge in [0.2, 0.25) is 0 Å². The molecule has 2 N–H and O–H groups in total. The van der Waals surface area contributed by atoms with E-state index in [0.717, 1.165) is 23.1 Å². The number of nitrogens with two attached hydrogens (primary N) is 1. The van der Waals surface area contributed by atoms with Crippen molar-refractivity contribution in [2.45, 2.75) is 20.8 Å². The molecule has 0 aliphatic heterocycles. The fourth-order valence-electron chi connectivity index (χ4n) is 0.548. The summed E-state index contributed by atoms with van der Waals surface area (Å²) in [4.78, 5) is 10.2. The zero-order valence-electron chi connectivity index (χ0n) is 6.64. The number of allylic oxidation sites excluding steroid dienone is 4. The topological polar surface area (TPSA) is 43.1 Å². The van der Waals surface area contributed by atoms with E-state index in [0.29, 0.717) is 0 Å². The van der Waals surface area contributed by atoms with Crippen LogP contribution in [0.25, 0.3) is 0 Å². The monoisotopic (exact) mass is 139 g/mol. The first-order valence-electron chi connectivity index (χ1n) is 3.14. The van der Waals surface area contributed by atoms with Gasteiger partial charge in [0.1, 0.15) is 6.29 Å². The van der Waals surface area contributed by atoms with Gasteiger partial charge in [-0.3, -0.25) is 4.79 Å². The third-order valence-electron chi connectivity index (χ3n) is 1.24. The van der Waals surface area contributed by atoms with Crippen LogP contribution < -0.4 is 5.73 Å². The van der Waals surface area contributed by atoms with Gasteiger partial charge in [-0.2, -0.15) is 0 Å². The minimum Gasteiger partial charge on any atom is -0.402 e. The second-order valence-electron chi connectivity index (χ2n) is 2.37. The Balaban J connectivity index is 4.48. The van der Waals surface area contributed by atoms with Crippen LogP contribution in [0.5, 0.6) is 0 Å². The maximum Gasteiger partial charge on any atom is 0.146 e. The standard InChI is InChI=1S/C8H13NO/c1-6(4-8(3)9)7(2)5-10/h4-5H,9H2,1-3H3/b7-6+,8-4-. The summed E-state index contributed by atoms with van der Waals surface area (Å²) < 4.78 is 0. The molecule has 0 aromatic heterocycles. The van der Waals surface area contributed by atoms with Crippen LogP contribution in [0, 0.1) is 0 Å². The fourth-order valence-corrected chi connectivity index (χ4v) is 0.548. The number of hydrogen-bond donors (Lipinski definition) is 1. The maximum atomic E-state index is 10.2. The van der Waals surface area contributed by atoms with Crippen LogP contribution in [0.15, 0.2) is 22.9 Å². The van der Waals surface area contributed by atoms with Crippen LogP contribution in [0.3, 0.4) is 0 Å². The molecule has 0 heterocycles. The van der Waals surface area contributed by atoms with Crippen molar-refractivity contribution in [2.24, 2.45) is 5.73 Å². The lowest BCUT2D eigenvalue weighted by Crippen LogP contribution is -1.91. The first-order valence-corrected chi connectivity index (χ1v) is 3.14. The van der Waals surface area contributed by atoms with Gasteiger partial charge in [-0.1, -0.05) is 0 Å². The first kappa shape index (κ1) is 8.95. The van der Waals surface area contributed by atoms with E-state index in [1.54, 1.807) is 19.9 Å². The van der Waals surface area contributed by atoms with Crippen molar-refractivity contribution >= 4 is 6.29 Å². The lowest BCUT2D eigenvalue weighted by Gasteiger charge is -1.94. The number of aldehydes is 1. The Labute approximate surface area is 61.4 Å². The summed E-state index contributed by atoms with van der Waals surface area (Å²) in [6.45, 7) is 5.42. The quantitative estimate of drug-likeness (QED) is 0.357. The first-order chi connectivity index (χ1) is 4.57. The van der Waals surface area contributed by atoms with E-state index in [1.807, 2.05) is 6.92 Å². The Morgan fingerprint density at radius 1 is 1.20 bits per heavy atom. The molecule has 2 nitrogen and oxygen atoms in total. The number of carbonyl (C=O) groups is 1. The van der Waals surface area contributed by atoms with Crippen LogP contribution in [-0.2, 0) is 4.79 Å². The molecular formula is C8H13NO. The SMILES string of the molecule is C/C(N)=C/C(C)=C(\C)C=O. The number of carbonyl (C=O) groups excluding carboxylic acids is 1. The molecule has 0 saturated carbocycles. The summed E-state index contributed by atoms with van der Waals surface area (Å²) in [5.41, 5.74) is 7.77. The normalized spacial score (nSPS) is 14.5. The van der Waals surface area contributed by atoms with Gasteiger partial charge in [0.05, 0.1) is 0 Å². The second-order valence-corrected chi connectivity index (χ2v) is 2.37. The maximum absolute atomic E-state index is 10.2. The molecule has 2 heteroatoms. The molecule has 0 spiro atoms. The van der Waals surface area contributed by atoms with Gasteiger partial charge in [-0.05, 0) is 38.0 Å². The van der Waals surface area contributed by atoms with Crippen molar-refractivity contribution < 1.29 is 4.79 Å². The molecule has 0 amide bonds. The number of rotatable bonds is 2.